The van der Waals surface area contributed by atoms with Crippen molar-refractivity contribution in [3.8, 4) is 0 Å². The van der Waals surface area contributed by atoms with Crippen LogP contribution in [-0.4, -0.2) is 54.5 Å². The Bertz CT molecular complexity index is 290. The molecule has 0 radical (unpaired) electrons. The second kappa shape index (κ2) is 5.25. The summed E-state index contributed by atoms with van der Waals surface area (Å²) < 4.78 is 24.5. The van der Waals surface area contributed by atoms with Crippen molar-refractivity contribution in [3.05, 3.63) is 0 Å². The van der Waals surface area contributed by atoms with Crippen molar-refractivity contribution in [2.45, 2.75) is 37.8 Å². The zero-order valence-electron chi connectivity index (χ0n) is 8.96. The minimum atomic E-state index is -3.42. The maximum absolute atomic E-state index is 11.6. The predicted octanol–water partition coefficient (Wildman–Crippen LogP) is -0.456. The number of hydrogen-bond donors (Lipinski definition) is 2. The van der Waals surface area contributed by atoms with Gasteiger partial charge < -0.3 is 10.2 Å². The summed E-state index contributed by atoms with van der Waals surface area (Å²) in [5, 5.41) is 18.3. The van der Waals surface area contributed by atoms with E-state index < -0.39 is 16.1 Å². The van der Waals surface area contributed by atoms with Crippen LogP contribution in [0, 0.1) is 0 Å². The van der Waals surface area contributed by atoms with Gasteiger partial charge in [0.25, 0.3) is 0 Å². The number of sulfonamides is 1. The third-order valence-corrected chi connectivity index (χ3v) is 4.80. The lowest BCUT2D eigenvalue weighted by Crippen LogP contribution is -2.47. The van der Waals surface area contributed by atoms with Gasteiger partial charge in [-0.25, -0.2) is 8.42 Å². The Morgan fingerprint density at radius 1 is 1.33 bits per heavy atom. The number of aliphatic hydroxyl groups excluding tert-OH is 2. The molecule has 6 heteroatoms. The fourth-order valence-corrected chi connectivity index (χ4v) is 3.16. The molecule has 0 aliphatic heterocycles. The van der Waals surface area contributed by atoms with Gasteiger partial charge in [-0.1, -0.05) is 12.8 Å². The van der Waals surface area contributed by atoms with Crippen molar-refractivity contribution >= 4 is 10.0 Å². The highest BCUT2D eigenvalue weighted by atomic mass is 32.2. The molecule has 1 rings (SSSR count). The Hall–Kier alpha value is -0.170. The summed E-state index contributed by atoms with van der Waals surface area (Å²) >= 11 is 0. The third-order valence-electron chi connectivity index (χ3n) is 2.95. The average Bonchev–Trinajstić information content (AvgIpc) is 2.17. The van der Waals surface area contributed by atoms with Crippen LogP contribution in [0.1, 0.15) is 25.7 Å². The Kier molecular flexibility index (Phi) is 4.51. The lowest BCUT2D eigenvalue weighted by molar-refractivity contribution is 0.0636. The highest BCUT2D eigenvalue weighted by Crippen LogP contribution is 2.24. The summed E-state index contributed by atoms with van der Waals surface area (Å²) in [6.45, 7) is -0.379. The molecule has 2 atom stereocenters. The molecule has 0 bridgehead atoms. The molecule has 0 aromatic heterocycles. The minimum Gasteiger partial charge on any atom is -0.395 e. The van der Waals surface area contributed by atoms with Crippen LogP contribution in [0.5, 0.6) is 0 Å². The van der Waals surface area contributed by atoms with Crippen molar-refractivity contribution in [2.75, 3.05) is 19.4 Å². The molecule has 0 heterocycles. The summed E-state index contributed by atoms with van der Waals surface area (Å²) in [6.07, 6.45) is 2.68. The van der Waals surface area contributed by atoms with E-state index in [2.05, 4.69) is 0 Å². The lowest BCUT2D eigenvalue weighted by atomic mass is 9.93. The fraction of sp³-hybridized carbons (Fsp3) is 1.00. The van der Waals surface area contributed by atoms with Crippen molar-refractivity contribution in [3.63, 3.8) is 0 Å². The van der Waals surface area contributed by atoms with E-state index >= 15 is 0 Å². The first-order valence-corrected chi connectivity index (χ1v) is 6.84. The van der Waals surface area contributed by atoms with Crippen LogP contribution in [0.25, 0.3) is 0 Å². The standard InChI is InChI=1S/C9H19NO4S/c1-10(15(13,14)7-6-11)8-4-2-3-5-9(8)12/h8-9,11-12H,2-7H2,1H3. The molecule has 1 aliphatic carbocycles. The van der Waals surface area contributed by atoms with E-state index in [1.807, 2.05) is 0 Å². The molecule has 1 aliphatic rings. The Labute approximate surface area is 90.8 Å². The normalized spacial score (nSPS) is 28.3. The summed E-state index contributed by atoms with van der Waals surface area (Å²) in [4.78, 5) is 0. The predicted molar refractivity (Wildman–Crippen MR) is 56.9 cm³/mol. The van der Waals surface area contributed by atoms with Crippen molar-refractivity contribution in [2.24, 2.45) is 0 Å². The number of likely N-dealkylation sites (N-methyl/N-ethyl adjacent to an activating group) is 1. The quantitative estimate of drug-likeness (QED) is 0.694. The summed E-state index contributed by atoms with van der Waals surface area (Å²) in [7, 11) is -1.94. The molecule has 2 unspecified atom stereocenters. The monoisotopic (exact) mass is 237 g/mol. The van der Waals surface area contributed by atoms with Crippen LogP contribution in [0.3, 0.4) is 0 Å². The molecule has 1 saturated carbocycles. The van der Waals surface area contributed by atoms with Gasteiger partial charge in [0, 0.05) is 7.05 Å². The molecule has 15 heavy (non-hydrogen) atoms. The Morgan fingerprint density at radius 2 is 1.93 bits per heavy atom. The number of aliphatic hydroxyl groups is 2. The van der Waals surface area contributed by atoms with Gasteiger partial charge >= 0.3 is 0 Å². The molecule has 0 spiro atoms. The SMILES string of the molecule is CN(C1CCCCC1O)S(=O)(=O)CCO. The average molecular weight is 237 g/mol. The van der Waals surface area contributed by atoms with Gasteiger partial charge in [0.05, 0.1) is 24.5 Å². The molecular formula is C9H19NO4S. The number of rotatable bonds is 4. The number of hydrogen-bond acceptors (Lipinski definition) is 4. The topological polar surface area (TPSA) is 77.8 Å². The second-order valence-electron chi connectivity index (χ2n) is 3.97. The van der Waals surface area contributed by atoms with Gasteiger partial charge in [0.15, 0.2) is 0 Å². The summed E-state index contributed by atoms with van der Waals surface area (Å²) in [6, 6.07) is -0.324. The van der Waals surface area contributed by atoms with E-state index in [0.717, 1.165) is 12.8 Å². The summed E-state index contributed by atoms with van der Waals surface area (Å²) in [5.41, 5.74) is 0. The van der Waals surface area contributed by atoms with Crippen LogP contribution in [-0.2, 0) is 10.0 Å². The van der Waals surface area contributed by atoms with E-state index in [4.69, 9.17) is 5.11 Å². The molecule has 0 aromatic carbocycles. The molecular weight excluding hydrogens is 218 g/mol. The van der Waals surface area contributed by atoms with Crippen molar-refractivity contribution < 1.29 is 18.6 Å². The first-order valence-electron chi connectivity index (χ1n) is 5.23. The number of nitrogens with zero attached hydrogens (tertiary/aromatic N) is 1. The lowest BCUT2D eigenvalue weighted by Gasteiger charge is -2.34. The smallest absolute Gasteiger partial charge is 0.216 e. The largest absolute Gasteiger partial charge is 0.395 e. The molecule has 0 aromatic rings. The van der Waals surface area contributed by atoms with Crippen molar-refractivity contribution in [1.82, 2.24) is 4.31 Å². The van der Waals surface area contributed by atoms with Crippen LogP contribution < -0.4 is 0 Å². The fourth-order valence-electron chi connectivity index (χ4n) is 1.98. The van der Waals surface area contributed by atoms with E-state index in [9.17, 15) is 13.5 Å². The zero-order chi connectivity index (χ0) is 11.5. The van der Waals surface area contributed by atoms with E-state index in [1.165, 1.54) is 11.4 Å². The Balaban J connectivity index is 2.69. The van der Waals surface area contributed by atoms with E-state index in [0.29, 0.717) is 12.8 Å². The molecule has 2 N–H and O–H groups in total. The maximum Gasteiger partial charge on any atom is 0.216 e. The second-order valence-corrected chi connectivity index (χ2v) is 6.12. The van der Waals surface area contributed by atoms with Gasteiger partial charge in [0.2, 0.25) is 10.0 Å². The van der Waals surface area contributed by atoms with Gasteiger partial charge in [-0.15, -0.1) is 0 Å². The molecule has 90 valence electrons. The van der Waals surface area contributed by atoms with Crippen LogP contribution in [0.2, 0.25) is 0 Å². The van der Waals surface area contributed by atoms with Gasteiger partial charge in [-0.2, -0.15) is 4.31 Å². The Morgan fingerprint density at radius 3 is 2.47 bits per heavy atom. The molecule has 5 nitrogen and oxygen atoms in total. The van der Waals surface area contributed by atoms with Gasteiger partial charge in [0.1, 0.15) is 0 Å². The third kappa shape index (κ3) is 3.14. The van der Waals surface area contributed by atoms with Crippen LogP contribution >= 0.6 is 0 Å². The maximum atomic E-state index is 11.6. The minimum absolute atomic E-state index is 0.271. The summed E-state index contributed by atoms with van der Waals surface area (Å²) in [5.74, 6) is -0.271. The van der Waals surface area contributed by atoms with Crippen LogP contribution in [0.4, 0.5) is 0 Å². The van der Waals surface area contributed by atoms with Crippen molar-refractivity contribution in [1.29, 1.82) is 0 Å². The first kappa shape index (κ1) is 12.9. The zero-order valence-corrected chi connectivity index (χ0v) is 9.78. The van der Waals surface area contributed by atoms with Crippen LogP contribution in [0.15, 0.2) is 0 Å². The van der Waals surface area contributed by atoms with Gasteiger partial charge in [-0.05, 0) is 12.8 Å². The van der Waals surface area contributed by atoms with Gasteiger partial charge in [-0.3, -0.25) is 0 Å². The highest BCUT2D eigenvalue weighted by molar-refractivity contribution is 7.89. The molecule has 1 fully saturated rings. The van der Waals surface area contributed by atoms with E-state index in [1.54, 1.807) is 0 Å². The molecule has 0 saturated heterocycles. The first-order chi connectivity index (χ1) is 6.99. The highest BCUT2D eigenvalue weighted by Gasteiger charge is 2.32. The molecule has 0 amide bonds. The van der Waals surface area contributed by atoms with E-state index in [-0.39, 0.29) is 18.4 Å².